The Balaban J connectivity index is 2.15. The number of hydrogen-bond acceptors (Lipinski definition) is 2. The van der Waals surface area contributed by atoms with E-state index in [1.807, 2.05) is 14.1 Å². The Bertz CT molecular complexity index is 515. The second kappa shape index (κ2) is 5.58. The van der Waals surface area contributed by atoms with Crippen molar-refractivity contribution in [1.29, 1.82) is 0 Å². The van der Waals surface area contributed by atoms with Gasteiger partial charge in [0.05, 0.1) is 0 Å². The first-order valence-electron chi connectivity index (χ1n) is 6.27. The Labute approximate surface area is 109 Å². The van der Waals surface area contributed by atoms with Gasteiger partial charge in [0.15, 0.2) is 0 Å². The van der Waals surface area contributed by atoms with E-state index in [2.05, 4.69) is 60.0 Å². The van der Waals surface area contributed by atoms with Crippen molar-refractivity contribution in [3.05, 3.63) is 59.2 Å². The van der Waals surface area contributed by atoms with Crippen LogP contribution in [-0.4, -0.2) is 14.1 Å². The highest BCUT2D eigenvalue weighted by Gasteiger charge is 2.00. The number of aryl methyl sites for hydroxylation is 1. The van der Waals surface area contributed by atoms with E-state index in [0.717, 1.165) is 12.1 Å². The molecule has 2 nitrogen and oxygen atoms in total. The fourth-order valence-electron chi connectivity index (χ4n) is 2.14. The first-order valence-corrected chi connectivity index (χ1v) is 6.27. The van der Waals surface area contributed by atoms with E-state index in [-0.39, 0.29) is 0 Å². The summed E-state index contributed by atoms with van der Waals surface area (Å²) in [4.78, 5) is 0. The van der Waals surface area contributed by atoms with Crippen molar-refractivity contribution >= 4 is 11.4 Å². The predicted molar refractivity (Wildman–Crippen MR) is 79.5 cm³/mol. The molecular formula is C16H20N2. The van der Waals surface area contributed by atoms with Crippen molar-refractivity contribution < 1.29 is 0 Å². The molecule has 2 aromatic carbocycles. The van der Waals surface area contributed by atoms with Crippen LogP contribution in [0.1, 0.15) is 16.7 Å². The number of nitrogens with one attached hydrogen (secondary N) is 2. The van der Waals surface area contributed by atoms with E-state index >= 15 is 0 Å². The summed E-state index contributed by atoms with van der Waals surface area (Å²) in [7, 11) is 3.90. The van der Waals surface area contributed by atoms with Gasteiger partial charge in [0.2, 0.25) is 0 Å². The minimum absolute atomic E-state index is 0.981. The summed E-state index contributed by atoms with van der Waals surface area (Å²) in [5, 5.41) is 6.33. The van der Waals surface area contributed by atoms with Crippen LogP contribution >= 0.6 is 0 Å². The second-order valence-corrected chi connectivity index (χ2v) is 4.52. The lowest BCUT2D eigenvalue weighted by molar-refractivity contribution is 1.18. The maximum atomic E-state index is 3.19. The van der Waals surface area contributed by atoms with Crippen LogP contribution in [-0.2, 0) is 6.42 Å². The molecule has 0 spiro atoms. The van der Waals surface area contributed by atoms with Crippen LogP contribution in [0.25, 0.3) is 0 Å². The monoisotopic (exact) mass is 240 g/mol. The third kappa shape index (κ3) is 2.83. The predicted octanol–water partition coefficient (Wildman–Crippen LogP) is 3.67. The molecule has 0 heterocycles. The quantitative estimate of drug-likeness (QED) is 0.852. The van der Waals surface area contributed by atoms with Crippen LogP contribution in [0, 0.1) is 6.92 Å². The van der Waals surface area contributed by atoms with Crippen molar-refractivity contribution in [1.82, 2.24) is 0 Å². The van der Waals surface area contributed by atoms with Crippen molar-refractivity contribution in [3.8, 4) is 0 Å². The van der Waals surface area contributed by atoms with Crippen molar-refractivity contribution in [2.24, 2.45) is 0 Å². The molecule has 2 aromatic rings. The van der Waals surface area contributed by atoms with E-state index in [4.69, 9.17) is 0 Å². The second-order valence-electron chi connectivity index (χ2n) is 4.52. The lowest BCUT2D eigenvalue weighted by Gasteiger charge is -2.08. The number of rotatable bonds is 4. The SMILES string of the molecule is CNc1ccc(Cc2ccc(NC)c(C)c2)cc1. The van der Waals surface area contributed by atoms with Gasteiger partial charge in [-0.25, -0.2) is 0 Å². The molecule has 0 amide bonds. The van der Waals surface area contributed by atoms with Gasteiger partial charge < -0.3 is 10.6 Å². The molecule has 0 aromatic heterocycles. The maximum Gasteiger partial charge on any atom is 0.0367 e. The van der Waals surface area contributed by atoms with Crippen molar-refractivity contribution in [2.75, 3.05) is 24.7 Å². The fraction of sp³-hybridized carbons (Fsp3) is 0.250. The van der Waals surface area contributed by atoms with E-state index in [0.29, 0.717) is 0 Å². The number of hydrogen-bond donors (Lipinski definition) is 2. The van der Waals surface area contributed by atoms with Crippen LogP contribution in [0.3, 0.4) is 0 Å². The summed E-state index contributed by atoms with van der Waals surface area (Å²) in [6.45, 7) is 2.14. The standard InChI is InChI=1S/C16H20N2/c1-12-10-14(6-9-16(12)18-3)11-13-4-7-15(17-2)8-5-13/h4-10,17-18H,11H2,1-3H3. The van der Waals surface area contributed by atoms with Gasteiger partial charge in [0.25, 0.3) is 0 Å². The molecule has 0 unspecified atom stereocenters. The number of anilines is 2. The molecule has 2 N–H and O–H groups in total. The molecule has 0 radical (unpaired) electrons. The van der Waals surface area contributed by atoms with Gasteiger partial charge in [-0.05, 0) is 48.2 Å². The Kier molecular flexibility index (Phi) is 3.88. The summed E-state index contributed by atoms with van der Waals surface area (Å²) >= 11 is 0. The zero-order valence-corrected chi connectivity index (χ0v) is 11.2. The average molecular weight is 240 g/mol. The van der Waals surface area contributed by atoms with Gasteiger partial charge in [-0.1, -0.05) is 24.3 Å². The highest BCUT2D eigenvalue weighted by atomic mass is 14.8. The van der Waals surface area contributed by atoms with Crippen LogP contribution < -0.4 is 10.6 Å². The van der Waals surface area contributed by atoms with Crippen LogP contribution in [0.15, 0.2) is 42.5 Å². The van der Waals surface area contributed by atoms with Crippen LogP contribution in [0.2, 0.25) is 0 Å². The van der Waals surface area contributed by atoms with E-state index in [1.165, 1.54) is 22.4 Å². The third-order valence-electron chi connectivity index (χ3n) is 3.21. The number of benzene rings is 2. The lowest BCUT2D eigenvalue weighted by atomic mass is 10.0. The highest BCUT2D eigenvalue weighted by Crippen LogP contribution is 2.19. The van der Waals surface area contributed by atoms with Gasteiger partial charge in [-0.15, -0.1) is 0 Å². The summed E-state index contributed by atoms with van der Waals surface area (Å²) in [5.74, 6) is 0. The van der Waals surface area contributed by atoms with Crippen LogP contribution in [0.4, 0.5) is 11.4 Å². The third-order valence-corrected chi connectivity index (χ3v) is 3.21. The minimum atomic E-state index is 0.981. The van der Waals surface area contributed by atoms with Gasteiger partial charge in [0, 0.05) is 25.5 Å². The first kappa shape index (κ1) is 12.5. The van der Waals surface area contributed by atoms with Crippen molar-refractivity contribution in [2.45, 2.75) is 13.3 Å². The highest BCUT2D eigenvalue weighted by molar-refractivity contribution is 5.52. The zero-order valence-electron chi connectivity index (χ0n) is 11.2. The molecule has 0 aliphatic heterocycles. The van der Waals surface area contributed by atoms with Crippen molar-refractivity contribution in [3.63, 3.8) is 0 Å². The smallest absolute Gasteiger partial charge is 0.0367 e. The van der Waals surface area contributed by atoms with Gasteiger partial charge in [-0.2, -0.15) is 0 Å². The maximum absolute atomic E-state index is 3.19. The minimum Gasteiger partial charge on any atom is -0.388 e. The Hall–Kier alpha value is -1.96. The molecule has 0 bridgehead atoms. The molecule has 0 atom stereocenters. The Morgan fingerprint density at radius 3 is 2.06 bits per heavy atom. The average Bonchev–Trinajstić information content (AvgIpc) is 2.40. The molecule has 0 saturated carbocycles. The first-order chi connectivity index (χ1) is 8.72. The Morgan fingerprint density at radius 1 is 0.833 bits per heavy atom. The van der Waals surface area contributed by atoms with E-state index in [9.17, 15) is 0 Å². The van der Waals surface area contributed by atoms with Gasteiger partial charge in [0.1, 0.15) is 0 Å². The molecule has 2 rings (SSSR count). The molecule has 0 fully saturated rings. The molecular weight excluding hydrogens is 220 g/mol. The van der Waals surface area contributed by atoms with E-state index in [1.54, 1.807) is 0 Å². The summed E-state index contributed by atoms with van der Waals surface area (Å²) in [6, 6.07) is 15.2. The molecule has 0 aliphatic carbocycles. The van der Waals surface area contributed by atoms with E-state index < -0.39 is 0 Å². The molecule has 94 valence electrons. The Morgan fingerprint density at radius 2 is 1.50 bits per heavy atom. The topological polar surface area (TPSA) is 24.1 Å². The van der Waals surface area contributed by atoms with Gasteiger partial charge in [-0.3, -0.25) is 0 Å². The molecule has 0 saturated heterocycles. The van der Waals surface area contributed by atoms with Crippen LogP contribution in [0.5, 0.6) is 0 Å². The fourth-order valence-corrected chi connectivity index (χ4v) is 2.14. The molecule has 2 heteroatoms. The van der Waals surface area contributed by atoms with Gasteiger partial charge >= 0.3 is 0 Å². The lowest BCUT2D eigenvalue weighted by Crippen LogP contribution is -1.95. The molecule has 18 heavy (non-hydrogen) atoms. The zero-order chi connectivity index (χ0) is 13.0. The summed E-state index contributed by atoms with van der Waals surface area (Å²) < 4.78 is 0. The normalized spacial score (nSPS) is 10.2. The molecule has 0 aliphatic rings. The largest absolute Gasteiger partial charge is 0.388 e. The summed E-state index contributed by atoms with van der Waals surface area (Å²) in [5.41, 5.74) is 6.33. The summed E-state index contributed by atoms with van der Waals surface area (Å²) in [6.07, 6.45) is 0.981.